The van der Waals surface area contributed by atoms with Crippen molar-refractivity contribution < 1.29 is 0 Å². The van der Waals surface area contributed by atoms with Gasteiger partial charge in [0.15, 0.2) is 0 Å². The van der Waals surface area contributed by atoms with Crippen molar-refractivity contribution in [3.05, 3.63) is 34.9 Å². The zero-order chi connectivity index (χ0) is 11.3. The summed E-state index contributed by atoms with van der Waals surface area (Å²) in [5, 5.41) is 0.798. The molecular weight excluding hydrogens is 208 g/mol. The lowest BCUT2D eigenvalue weighted by atomic mass is 10.1. The van der Waals surface area contributed by atoms with Gasteiger partial charge in [-0.25, -0.2) is 0 Å². The molecule has 0 spiro atoms. The lowest BCUT2D eigenvalue weighted by molar-refractivity contribution is 0.260. The first-order chi connectivity index (χ1) is 7.15. The molecule has 0 radical (unpaired) electrons. The molecule has 1 aromatic rings. The van der Waals surface area contributed by atoms with E-state index in [1.807, 2.05) is 18.2 Å². The van der Waals surface area contributed by atoms with Crippen LogP contribution in [-0.2, 0) is 0 Å². The van der Waals surface area contributed by atoms with Crippen molar-refractivity contribution in [3.8, 4) is 0 Å². The molecule has 0 saturated carbocycles. The Kier molecular flexibility index (Phi) is 5.09. The number of hydrogen-bond donors (Lipinski definition) is 1. The minimum atomic E-state index is 0.384. The van der Waals surface area contributed by atoms with Crippen molar-refractivity contribution >= 4 is 11.6 Å². The molecule has 0 fully saturated rings. The van der Waals surface area contributed by atoms with E-state index in [2.05, 4.69) is 24.9 Å². The van der Waals surface area contributed by atoms with Crippen molar-refractivity contribution in [1.29, 1.82) is 0 Å². The van der Waals surface area contributed by atoms with Crippen molar-refractivity contribution in [2.24, 2.45) is 5.73 Å². The Labute approximate surface area is 97.0 Å². The lowest BCUT2D eigenvalue weighted by Crippen LogP contribution is -2.25. The average Bonchev–Trinajstić information content (AvgIpc) is 2.24. The van der Waals surface area contributed by atoms with Crippen LogP contribution in [0, 0.1) is 0 Å². The first-order valence-corrected chi connectivity index (χ1v) is 5.68. The molecule has 0 saturated heterocycles. The summed E-state index contributed by atoms with van der Waals surface area (Å²) >= 11 is 5.96. The van der Waals surface area contributed by atoms with Gasteiger partial charge in [-0.05, 0) is 51.2 Å². The maximum absolute atomic E-state index is 5.96. The normalized spacial score (nSPS) is 13.1. The second-order valence-corrected chi connectivity index (χ2v) is 4.29. The van der Waals surface area contributed by atoms with Crippen molar-refractivity contribution in [2.75, 3.05) is 20.1 Å². The maximum atomic E-state index is 5.96. The zero-order valence-electron chi connectivity index (χ0n) is 9.41. The van der Waals surface area contributed by atoms with Crippen molar-refractivity contribution in [2.45, 2.75) is 19.4 Å². The van der Waals surface area contributed by atoms with Crippen LogP contribution in [0.4, 0.5) is 0 Å². The molecule has 0 bridgehead atoms. The molecule has 0 amide bonds. The van der Waals surface area contributed by atoms with Crippen molar-refractivity contribution in [3.63, 3.8) is 0 Å². The number of nitrogens with two attached hydrogens (primary N) is 1. The number of benzene rings is 1. The highest BCUT2D eigenvalue weighted by Crippen LogP contribution is 2.21. The minimum Gasteiger partial charge on any atom is -0.330 e. The van der Waals surface area contributed by atoms with E-state index in [1.165, 1.54) is 5.56 Å². The number of hydrogen-bond acceptors (Lipinski definition) is 2. The summed E-state index contributed by atoms with van der Waals surface area (Å²) in [6.45, 7) is 3.94. The molecule has 1 rings (SSSR count). The fourth-order valence-electron chi connectivity index (χ4n) is 1.56. The van der Waals surface area contributed by atoms with Gasteiger partial charge in [-0.15, -0.1) is 0 Å². The van der Waals surface area contributed by atoms with Gasteiger partial charge in [0.1, 0.15) is 0 Å². The van der Waals surface area contributed by atoms with Crippen LogP contribution in [0.25, 0.3) is 0 Å². The third kappa shape index (κ3) is 3.82. The molecule has 2 N–H and O–H groups in total. The molecule has 0 aliphatic rings. The molecule has 84 valence electrons. The molecule has 1 unspecified atom stereocenters. The standard InChI is InChI=1S/C12H19ClN2/c1-10(15(2)8-4-7-14)11-5-3-6-12(13)9-11/h3,5-6,9-10H,4,7-8,14H2,1-2H3. The monoisotopic (exact) mass is 226 g/mol. The van der Waals surface area contributed by atoms with Crippen LogP contribution in [0.15, 0.2) is 24.3 Å². The van der Waals surface area contributed by atoms with Gasteiger partial charge in [0.25, 0.3) is 0 Å². The quantitative estimate of drug-likeness (QED) is 0.837. The van der Waals surface area contributed by atoms with Crippen molar-refractivity contribution in [1.82, 2.24) is 4.90 Å². The van der Waals surface area contributed by atoms with E-state index < -0.39 is 0 Å². The highest BCUT2D eigenvalue weighted by molar-refractivity contribution is 6.30. The Bertz CT molecular complexity index is 301. The first kappa shape index (κ1) is 12.5. The van der Waals surface area contributed by atoms with Crippen LogP contribution < -0.4 is 5.73 Å². The molecule has 0 heterocycles. The van der Waals surface area contributed by atoms with E-state index in [0.29, 0.717) is 6.04 Å². The highest BCUT2D eigenvalue weighted by Gasteiger charge is 2.10. The molecule has 0 aliphatic carbocycles. The smallest absolute Gasteiger partial charge is 0.0409 e. The van der Waals surface area contributed by atoms with E-state index in [4.69, 9.17) is 17.3 Å². The lowest BCUT2D eigenvalue weighted by Gasteiger charge is -2.24. The third-order valence-corrected chi connectivity index (χ3v) is 2.94. The second kappa shape index (κ2) is 6.11. The van der Waals surface area contributed by atoms with Gasteiger partial charge in [0.2, 0.25) is 0 Å². The van der Waals surface area contributed by atoms with E-state index in [1.54, 1.807) is 0 Å². The van der Waals surface area contributed by atoms with E-state index in [-0.39, 0.29) is 0 Å². The topological polar surface area (TPSA) is 29.3 Å². The molecular formula is C12H19ClN2. The van der Waals surface area contributed by atoms with Crippen LogP contribution in [-0.4, -0.2) is 25.0 Å². The first-order valence-electron chi connectivity index (χ1n) is 5.31. The van der Waals surface area contributed by atoms with E-state index >= 15 is 0 Å². The van der Waals surface area contributed by atoms with Crippen LogP contribution in [0.5, 0.6) is 0 Å². The Balaban J connectivity index is 2.62. The molecule has 0 aliphatic heterocycles. The molecule has 2 nitrogen and oxygen atoms in total. The summed E-state index contributed by atoms with van der Waals surface area (Å²) in [6.07, 6.45) is 1.03. The summed E-state index contributed by atoms with van der Waals surface area (Å²) in [5.74, 6) is 0. The van der Waals surface area contributed by atoms with Gasteiger partial charge in [-0.2, -0.15) is 0 Å². The SMILES string of the molecule is CC(c1cccc(Cl)c1)N(C)CCCN. The molecule has 1 atom stereocenters. The maximum Gasteiger partial charge on any atom is 0.0409 e. The summed E-state index contributed by atoms with van der Waals surface area (Å²) in [6, 6.07) is 8.40. The third-order valence-electron chi connectivity index (χ3n) is 2.71. The zero-order valence-corrected chi connectivity index (χ0v) is 10.2. The predicted molar refractivity (Wildman–Crippen MR) is 66.2 cm³/mol. The van der Waals surface area contributed by atoms with Crippen LogP contribution >= 0.6 is 11.6 Å². The van der Waals surface area contributed by atoms with Gasteiger partial charge in [-0.3, -0.25) is 4.90 Å². The molecule has 15 heavy (non-hydrogen) atoms. The van der Waals surface area contributed by atoms with Gasteiger partial charge in [0.05, 0.1) is 0 Å². The van der Waals surface area contributed by atoms with Crippen LogP contribution in [0.2, 0.25) is 5.02 Å². The molecule has 1 aromatic carbocycles. The summed E-state index contributed by atoms with van der Waals surface area (Å²) in [5.41, 5.74) is 6.74. The minimum absolute atomic E-state index is 0.384. The largest absolute Gasteiger partial charge is 0.330 e. The van der Waals surface area contributed by atoms with Crippen LogP contribution in [0.1, 0.15) is 24.9 Å². The van der Waals surface area contributed by atoms with Gasteiger partial charge >= 0.3 is 0 Å². The highest BCUT2D eigenvalue weighted by atomic mass is 35.5. The Hall–Kier alpha value is -0.570. The van der Waals surface area contributed by atoms with Crippen LogP contribution in [0.3, 0.4) is 0 Å². The Morgan fingerprint density at radius 3 is 2.80 bits per heavy atom. The van der Waals surface area contributed by atoms with Gasteiger partial charge in [-0.1, -0.05) is 23.7 Å². The Morgan fingerprint density at radius 1 is 1.47 bits per heavy atom. The van der Waals surface area contributed by atoms with E-state index in [9.17, 15) is 0 Å². The summed E-state index contributed by atoms with van der Waals surface area (Å²) < 4.78 is 0. The summed E-state index contributed by atoms with van der Waals surface area (Å²) in [7, 11) is 2.11. The van der Waals surface area contributed by atoms with E-state index in [0.717, 1.165) is 24.5 Å². The Morgan fingerprint density at radius 2 is 2.20 bits per heavy atom. The molecule has 3 heteroatoms. The number of rotatable bonds is 5. The van der Waals surface area contributed by atoms with Gasteiger partial charge in [0, 0.05) is 11.1 Å². The predicted octanol–water partition coefficient (Wildman–Crippen LogP) is 2.68. The molecule has 0 aromatic heterocycles. The number of halogens is 1. The fourth-order valence-corrected chi connectivity index (χ4v) is 1.75. The number of nitrogens with zero attached hydrogens (tertiary/aromatic N) is 1. The fraction of sp³-hybridized carbons (Fsp3) is 0.500. The second-order valence-electron chi connectivity index (χ2n) is 3.85. The summed E-state index contributed by atoms with van der Waals surface area (Å²) in [4.78, 5) is 2.29. The average molecular weight is 227 g/mol. The van der Waals surface area contributed by atoms with Gasteiger partial charge < -0.3 is 5.73 Å².